The second-order valence-electron chi connectivity index (χ2n) is 4.81. The van der Waals surface area contributed by atoms with Crippen LogP contribution in [0.1, 0.15) is 6.92 Å². The predicted molar refractivity (Wildman–Crippen MR) is 72.1 cm³/mol. The molecule has 0 amide bonds. The van der Waals surface area contributed by atoms with E-state index in [9.17, 15) is 0 Å². The molecule has 3 heteroatoms. The van der Waals surface area contributed by atoms with Gasteiger partial charge in [0.05, 0.1) is 18.9 Å². The molecule has 1 aromatic rings. The third kappa shape index (κ3) is 1.75. The van der Waals surface area contributed by atoms with E-state index in [2.05, 4.69) is 53.6 Å². The lowest BCUT2D eigenvalue weighted by atomic mass is 9.79. The summed E-state index contributed by atoms with van der Waals surface area (Å²) in [6, 6.07) is 2.11. The van der Waals surface area contributed by atoms with Crippen molar-refractivity contribution >= 4 is 17.0 Å². The third-order valence-electron chi connectivity index (χ3n) is 3.36. The molecule has 0 N–H and O–H groups in total. The van der Waals surface area contributed by atoms with Crippen LogP contribution >= 0.6 is 11.3 Å². The molecule has 2 aliphatic heterocycles. The maximum absolute atomic E-state index is 5.33. The summed E-state index contributed by atoms with van der Waals surface area (Å²) in [6.45, 7) is 7.95. The zero-order valence-corrected chi connectivity index (χ0v) is 10.7. The van der Waals surface area contributed by atoms with Crippen molar-refractivity contribution < 1.29 is 4.74 Å². The molecule has 0 saturated carbocycles. The summed E-state index contributed by atoms with van der Waals surface area (Å²) >= 11 is 1.70. The highest BCUT2D eigenvalue weighted by Crippen LogP contribution is 2.39. The molecule has 1 fully saturated rings. The molecule has 1 aromatic heterocycles. The molecule has 0 unspecified atom stereocenters. The summed E-state index contributed by atoms with van der Waals surface area (Å²) in [6.07, 6.45) is 6.43. The van der Waals surface area contributed by atoms with Crippen LogP contribution in [-0.2, 0) is 4.74 Å². The molecule has 0 bridgehead atoms. The minimum absolute atomic E-state index is 0.172. The molecule has 17 heavy (non-hydrogen) atoms. The van der Waals surface area contributed by atoms with Crippen molar-refractivity contribution in [3.63, 3.8) is 0 Å². The third-order valence-corrected chi connectivity index (χ3v) is 4.03. The molecular formula is C14H15NOS. The second-order valence-corrected chi connectivity index (χ2v) is 5.59. The Balaban J connectivity index is 1.94. The summed E-state index contributed by atoms with van der Waals surface area (Å²) in [5.41, 5.74) is 3.69. The fraction of sp³-hybridized carbons (Fsp3) is 0.286. The molecule has 0 aromatic carbocycles. The number of ether oxygens (including phenoxy) is 1. The minimum Gasteiger partial charge on any atom is -0.379 e. The van der Waals surface area contributed by atoms with Crippen molar-refractivity contribution in [3.8, 4) is 0 Å². The van der Waals surface area contributed by atoms with E-state index in [-0.39, 0.29) is 5.41 Å². The largest absolute Gasteiger partial charge is 0.379 e. The molecule has 0 spiro atoms. The van der Waals surface area contributed by atoms with E-state index in [1.807, 2.05) is 0 Å². The van der Waals surface area contributed by atoms with Gasteiger partial charge >= 0.3 is 0 Å². The van der Waals surface area contributed by atoms with E-state index in [0.29, 0.717) is 0 Å². The van der Waals surface area contributed by atoms with Gasteiger partial charge in [0.1, 0.15) is 0 Å². The van der Waals surface area contributed by atoms with Gasteiger partial charge in [-0.25, -0.2) is 0 Å². The highest BCUT2D eigenvalue weighted by molar-refractivity contribution is 7.08. The Bertz CT molecular complexity index is 494. The van der Waals surface area contributed by atoms with Gasteiger partial charge in [0.25, 0.3) is 0 Å². The standard InChI is InChI=1S/C14H15NOS/c1-11-3-4-12(14(2)9-16-10-14)7-15(11)13-5-6-17-8-13/h3-8H,1,9-10H2,2H3. The number of anilines is 1. The van der Waals surface area contributed by atoms with Crippen LogP contribution in [0.3, 0.4) is 0 Å². The maximum atomic E-state index is 5.33. The first kappa shape index (κ1) is 10.8. The smallest absolute Gasteiger partial charge is 0.0583 e. The Morgan fingerprint density at radius 3 is 2.82 bits per heavy atom. The first-order valence-electron chi connectivity index (χ1n) is 5.67. The Hall–Kier alpha value is -1.32. The van der Waals surface area contributed by atoms with Gasteiger partial charge in [0.2, 0.25) is 0 Å². The Kier molecular flexibility index (Phi) is 2.45. The van der Waals surface area contributed by atoms with E-state index < -0.39 is 0 Å². The molecule has 0 aliphatic carbocycles. The van der Waals surface area contributed by atoms with Crippen LogP contribution in [0.15, 0.2) is 53.0 Å². The molecule has 3 rings (SSSR count). The monoisotopic (exact) mass is 245 g/mol. The van der Waals surface area contributed by atoms with Gasteiger partial charge in [-0.05, 0) is 23.1 Å². The maximum Gasteiger partial charge on any atom is 0.0583 e. The molecule has 88 valence electrons. The quantitative estimate of drug-likeness (QED) is 0.790. The molecule has 2 nitrogen and oxygen atoms in total. The predicted octanol–water partition coefficient (Wildman–Crippen LogP) is 3.56. The first-order valence-corrected chi connectivity index (χ1v) is 6.62. The van der Waals surface area contributed by atoms with Crippen molar-refractivity contribution in [2.24, 2.45) is 5.41 Å². The van der Waals surface area contributed by atoms with E-state index >= 15 is 0 Å². The van der Waals surface area contributed by atoms with Crippen molar-refractivity contribution in [1.82, 2.24) is 0 Å². The van der Waals surface area contributed by atoms with Crippen LogP contribution in [0.5, 0.6) is 0 Å². The van der Waals surface area contributed by atoms with Crippen molar-refractivity contribution in [1.29, 1.82) is 0 Å². The lowest BCUT2D eigenvalue weighted by Gasteiger charge is -2.41. The molecule has 1 saturated heterocycles. The average molecular weight is 245 g/mol. The van der Waals surface area contributed by atoms with Crippen LogP contribution in [0, 0.1) is 5.41 Å². The molecular weight excluding hydrogens is 230 g/mol. The van der Waals surface area contributed by atoms with Crippen LogP contribution in [-0.4, -0.2) is 13.2 Å². The topological polar surface area (TPSA) is 12.5 Å². The number of hydrogen-bond donors (Lipinski definition) is 0. The van der Waals surface area contributed by atoms with Crippen LogP contribution in [0.4, 0.5) is 5.69 Å². The fourth-order valence-corrected chi connectivity index (χ4v) is 2.73. The van der Waals surface area contributed by atoms with Gasteiger partial charge in [-0.15, -0.1) is 0 Å². The number of nitrogens with zero attached hydrogens (tertiary/aromatic N) is 1. The summed E-state index contributed by atoms with van der Waals surface area (Å²) in [4.78, 5) is 2.15. The number of rotatable bonds is 2. The average Bonchev–Trinajstić information content (AvgIpc) is 2.80. The normalized spacial score (nSPS) is 22.3. The summed E-state index contributed by atoms with van der Waals surface area (Å²) in [7, 11) is 0. The molecule has 0 radical (unpaired) electrons. The van der Waals surface area contributed by atoms with Crippen LogP contribution < -0.4 is 4.90 Å². The van der Waals surface area contributed by atoms with Gasteiger partial charge in [-0.1, -0.05) is 19.6 Å². The van der Waals surface area contributed by atoms with Gasteiger partial charge in [0, 0.05) is 22.7 Å². The number of thiophene rings is 1. The van der Waals surface area contributed by atoms with E-state index in [1.165, 1.54) is 11.3 Å². The highest BCUT2D eigenvalue weighted by Gasteiger charge is 2.37. The van der Waals surface area contributed by atoms with Gasteiger partial charge in [0.15, 0.2) is 0 Å². The van der Waals surface area contributed by atoms with Crippen LogP contribution in [0.2, 0.25) is 0 Å². The second kappa shape index (κ2) is 3.86. The zero-order chi connectivity index (χ0) is 11.9. The zero-order valence-electron chi connectivity index (χ0n) is 9.85. The summed E-state index contributed by atoms with van der Waals surface area (Å²) in [5.74, 6) is 0. The van der Waals surface area contributed by atoms with Crippen molar-refractivity contribution in [2.75, 3.05) is 18.1 Å². The van der Waals surface area contributed by atoms with Gasteiger partial charge in [-0.2, -0.15) is 11.3 Å². The lowest BCUT2D eigenvalue weighted by Crippen LogP contribution is -2.42. The molecule has 3 heterocycles. The highest BCUT2D eigenvalue weighted by atomic mass is 32.1. The molecule has 2 aliphatic rings. The summed E-state index contributed by atoms with van der Waals surface area (Å²) in [5, 5.41) is 4.22. The number of allylic oxidation sites excluding steroid dienone is 2. The minimum atomic E-state index is 0.172. The van der Waals surface area contributed by atoms with Crippen molar-refractivity contribution in [3.05, 3.63) is 53.0 Å². The fourth-order valence-electron chi connectivity index (χ4n) is 2.10. The van der Waals surface area contributed by atoms with E-state index in [4.69, 9.17) is 4.74 Å². The SMILES string of the molecule is C=C1C=CC(C2(C)COC2)=CN1c1ccsc1. The summed E-state index contributed by atoms with van der Waals surface area (Å²) < 4.78 is 5.33. The number of hydrogen-bond acceptors (Lipinski definition) is 3. The first-order chi connectivity index (χ1) is 8.19. The lowest BCUT2D eigenvalue weighted by molar-refractivity contribution is -0.0760. The van der Waals surface area contributed by atoms with Crippen LogP contribution in [0.25, 0.3) is 0 Å². The van der Waals surface area contributed by atoms with E-state index in [1.54, 1.807) is 11.3 Å². The Morgan fingerprint density at radius 2 is 2.24 bits per heavy atom. The Morgan fingerprint density at radius 1 is 1.41 bits per heavy atom. The van der Waals surface area contributed by atoms with Gasteiger partial charge < -0.3 is 9.64 Å². The van der Waals surface area contributed by atoms with E-state index in [0.717, 1.165) is 18.9 Å². The van der Waals surface area contributed by atoms with Gasteiger partial charge in [-0.3, -0.25) is 0 Å². The molecule has 0 atom stereocenters. The van der Waals surface area contributed by atoms with Crippen molar-refractivity contribution in [2.45, 2.75) is 6.92 Å². The Labute approximate surface area is 106 Å².